The monoisotopic (exact) mass is 351 g/mol. The normalized spacial score (nSPS) is 12.0. The quantitative estimate of drug-likeness (QED) is 0.639. The van der Waals surface area contributed by atoms with Gasteiger partial charge in [-0.05, 0) is 35.4 Å². The number of hydrogen-bond acceptors (Lipinski definition) is 2. The summed E-state index contributed by atoms with van der Waals surface area (Å²) in [5.74, 6) is 1.28. The van der Waals surface area contributed by atoms with E-state index in [1.54, 1.807) is 20.2 Å². The van der Waals surface area contributed by atoms with Crippen molar-refractivity contribution in [2.24, 2.45) is 4.99 Å². The minimum Gasteiger partial charge on any atom is -0.497 e. The molecule has 0 atom stereocenters. The molecule has 0 saturated carbocycles. The van der Waals surface area contributed by atoms with Crippen LogP contribution in [0.3, 0.4) is 0 Å². The first kappa shape index (κ1) is 18.6. The van der Waals surface area contributed by atoms with Gasteiger partial charge in [0.15, 0.2) is 5.96 Å². The minimum atomic E-state index is -4.34. The zero-order valence-electron chi connectivity index (χ0n) is 14.0. The Hall–Kier alpha value is -2.70. The van der Waals surface area contributed by atoms with Crippen molar-refractivity contribution in [3.8, 4) is 5.75 Å². The maximum absolute atomic E-state index is 12.7. The smallest absolute Gasteiger partial charge is 0.416 e. The van der Waals surface area contributed by atoms with E-state index in [1.165, 1.54) is 6.07 Å². The van der Waals surface area contributed by atoms with Gasteiger partial charge in [0, 0.05) is 20.1 Å². The number of rotatable bonds is 5. The van der Waals surface area contributed by atoms with Crippen LogP contribution >= 0.6 is 0 Å². The average molecular weight is 351 g/mol. The van der Waals surface area contributed by atoms with Crippen LogP contribution in [0.5, 0.6) is 5.75 Å². The van der Waals surface area contributed by atoms with Crippen LogP contribution in [0, 0.1) is 0 Å². The predicted octanol–water partition coefficient (Wildman–Crippen LogP) is 3.58. The van der Waals surface area contributed by atoms with Crippen LogP contribution in [-0.2, 0) is 19.3 Å². The molecule has 2 N–H and O–H groups in total. The van der Waals surface area contributed by atoms with Gasteiger partial charge in [-0.3, -0.25) is 4.99 Å². The first-order valence-corrected chi connectivity index (χ1v) is 7.66. The van der Waals surface area contributed by atoms with Crippen LogP contribution in [0.4, 0.5) is 13.2 Å². The van der Waals surface area contributed by atoms with Gasteiger partial charge in [0.25, 0.3) is 0 Å². The van der Waals surface area contributed by atoms with E-state index in [1.807, 2.05) is 24.3 Å². The van der Waals surface area contributed by atoms with Crippen LogP contribution in [0.1, 0.15) is 16.7 Å². The number of nitrogens with one attached hydrogen (secondary N) is 2. The second-order valence-electron chi connectivity index (χ2n) is 5.33. The van der Waals surface area contributed by atoms with E-state index in [2.05, 4.69) is 15.6 Å². The molecule has 0 aliphatic rings. The molecule has 0 aliphatic heterocycles. The summed E-state index contributed by atoms with van der Waals surface area (Å²) in [4.78, 5) is 4.07. The van der Waals surface area contributed by atoms with Gasteiger partial charge in [-0.1, -0.05) is 24.3 Å². The maximum atomic E-state index is 12.7. The molecular weight excluding hydrogens is 331 g/mol. The summed E-state index contributed by atoms with van der Waals surface area (Å²) in [6, 6.07) is 12.8. The number of halogens is 3. The second-order valence-corrected chi connectivity index (χ2v) is 5.33. The molecule has 0 aromatic heterocycles. The molecule has 0 unspecified atom stereocenters. The number of benzene rings is 2. The molecule has 2 aromatic carbocycles. The highest BCUT2D eigenvalue weighted by atomic mass is 19.4. The molecule has 2 aromatic rings. The van der Waals surface area contributed by atoms with Crippen molar-refractivity contribution in [2.45, 2.75) is 19.3 Å². The summed E-state index contributed by atoms with van der Waals surface area (Å²) in [6.07, 6.45) is -4.34. The lowest BCUT2D eigenvalue weighted by molar-refractivity contribution is -0.137. The fraction of sp³-hybridized carbons (Fsp3) is 0.278. The Kier molecular flexibility index (Phi) is 6.27. The predicted molar refractivity (Wildman–Crippen MR) is 91.5 cm³/mol. The van der Waals surface area contributed by atoms with Gasteiger partial charge < -0.3 is 15.4 Å². The largest absolute Gasteiger partial charge is 0.497 e. The van der Waals surface area contributed by atoms with Gasteiger partial charge in [0.1, 0.15) is 5.75 Å². The third-order valence-corrected chi connectivity index (χ3v) is 3.56. The Balaban J connectivity index is 1.90. The van der Waals surface area contributed by atoms with Crippen molar-refractivity contribution >= 4 is 5.96 Å². The number of aliphatic imine (C=N–C) groups is 1. The zero-order chi connectivity index (χ0) is 18.3. The maximum Gasteiger partial charge on any atom is 0.416 e. The Morgan fingerprint density at radius 3 is 2.20 bits per heavy atom. The van der Waals surface area contributed by atoms with Crippen LogP contribution in [0.15, 0.2) is 53.5 Å². The number of guanidine groups is 1. The third kappa shape index (κ3) is 5.70. The lowest BCUT2D eigenvalue weighted by atomic mass is 10.1. The molecule has 134 valence electrons. The zero-order valence-corrected chi connectivity index (χ0v) is 14.0. The average Bonchev–Trinajstić information content (AvgIpc) is 2.62. The fourth-order valence-electron chi connectivity index (χ4n) is 2.19. The van der Waals surface area contributed by atoms with Gasteiger partial charge in [-0.15, -0.1) is 0 Å². The Labute approximate surface area is 144 Å². The van der Waals surface area contributed by atoms with Crippen molar-refractivity contribution in [1.29, 1.82) is 0 Å². The van der Waals surface area contributed by atoms with Crippen molar-refractivity contribution in [3.05, 3.63) is 65.2 Å². The summed E-state index contributed by atoms with van der Waals surface area (Å²) in [7, 11) is 3.21. The Morgan fingerprint density at radius 2 is 1.64 bits per heavy atom. The van der Waals surface area contributed by atoms with Gasteiger partial charge in [0.2, 0.25) is 0 Å². The SMILES string of the molecule is CN=C(NCc1ccc(OC)cc1)NCc1cccc(C(F)(F)F)c1. The second kappa shape index (κ2) is 8.41. The first-order chi connectivity index (χ1) is 11.9. The molecule has 7 heteroatoms. The van der Waals surface area contributed by atoms with E-state index in [0.717, 1.165) is 23.4 Å². The molecule has 25 heavy (non-hydrogen) atoms. The molecule has 0 fully saturated rings. The lowest BCUT2D eigenvalue weighted by Gasteiger charge is -2.13. The van der Waals surface area contributed by atoms with Gasteiger partial charge in [-0.2, -0.15) is 13.2 Å². The summed E-state index contributed by atoms with van der Waals surface area (Å²) in [5.41, 5.74) is 0.901. The third-order valence-electron chi connectivity index (χ3n) is 3.56. The molecule has 0 amide bonds. The van der Waals surface area contributed by atoms with Crippen molar-refractivity contribution in [1.82, 2.24) is 10.6 Å². The molecule has 0 heterocycles. The summed E-state index contributed by atoms with van der Waals surface area (Å²) < 4.78 is 43.3. The topological polar surface area (TPSA) is 45.7 Å². The highest BCUT2D eigenvalue weighted by Gasteiger charge is 2.30. The molecule has 0 bridgehead atoms. The van der Waals surface area contributed by atoms with Crippen LogP contribution in [0.25, 0.3) is 0 Å². The lowest BCUT2D eigenvalue weighted by Crippen LogP contribution is -2.36. The highest BCUT2D eigenvalue weighted by molar-refractivity contribution is 5.79. The molecule has 4 nitrogen and oxygen atoms in total. The van der Waals surface area contributed by atoms with Crippen molar-refractivity contribution in [2.75, 3.05) is 14.2 Å². The van der Waals surface area contributed by atoms with E-state index in [-0.39, 0.29) is 6.54 Å². The van der Waals surface area contributed by atoms with Crippen molar-refractivity contribution < 1.29 is 17.9 Å². The fourth-order valence-corrected chi connectivity index (χ4v) is 2.19. The van der Waals surface area contributed by atoms with Gasteiger partial charge in [-0.25, -0.2) is 0 Å². The number of alkyl halides is 3. The minimum absolute atomic E-state index is 0.242. The van der Waals surface area contributed by atoms with Crippen LogP contribution < -0.4 is 15.4 Å². The number of ether oxygens (including phenoxy) is 1. The molecule has 0 saturated heterocycles. The summed E-state index contributed by atoms with van der Waals surface area (Å²) in [5, 5.41) is 6.12. The van der Waals surface area contributed by atoms with Gasteiger partial charge in [0.05, 0.1) is 12.7 Å². The molecule has 0 aliphatic carbocycles. The highest BCUT2D eigenvalue weighted by Crippen LogP contribution is 2.29. The summed E-state index contributed by atoms with van der Waals surface area (Å²) in [6.45, 7) is 0.776. The Bertz CT molecular complexity index is 712. The Morgan fingerprint density at radius 1 is 1.00 bits per heavy atom. The molecule has 0 spiro atoms. The van der Waals surface area contributed by atoms with Crippen LogP contribution in [0.2, 0.25) is 0 Å². The standard InChI is InChI=1S/C18H20F3N3O/c1-22-17(23-11-13-6-8-16(25-2)9-7-13)24-12-14-4-3-5-15(10-14)18(19,20)21/h3-10H,11-12H2,1-2H3,(H2,22,23,24). The first-order valence-electron chi connectivity index (χ1n) is 7.66. The van der Waals surface area contributed by atoms with Gasteiger partial charge >= 0.3 is 6.18 Å². The van der Waals surface area contributed by atoms with E-state index in [4.69, 9.17) is 4.74 Å². The molecule has 2 rings (SSSR count). The molecule has 0 radical (unpaired) electrons. The van der Waals surface area contributed by atoms with E-state index in [9.17, 15) is 13.2 Å². The van der Waals surface area contributed by atoms with E-state index in [0.29, 0.717) is 18.1 Å². The van der Waals surface area contributed by atoms with Crippen molar-refractivity contribution in [3.63, 3.8) is 0 Å². The number of methoxy groups -OCH3 is 1. The van der Waals surface area contributed by atoms with Crippen LogP contribution in [-0.4, -0.2) is 20.1 Å². The van der Waals surface area contributed by atoms with E-state index < -0.39 is 11.7 Å². The molecular formula is C18H20F3N3O. The number of nitrogens with zero attached hydrogens (tertiary/aromatic N) is 1. The number of hydrogen-bond donors (Lipinski definition) is 2. The summed E-state index contributed by atoms with van der Waals surface area (Å²) >= 11 is 0. The van der Waals surface area contributed by atoms with E-state index >= 15 is 0 Å².